The Morgan fingerprint density at radius 1 is 0.957 bits per heavy atom. The number of carbonyl (C=O) groups is 2. The molecule has 0 N–H and O–H groups in total. The molecule has 5 atom stereocenters. The van der Waals surface area contributed by atoms with Gasteiger partial charge in [0.25, 0.3) is 0 Å². The van der Waals surface area contributed by atoms with Crippen LogP contribution >= 0.6 is 0 Å². The Balaban J connectivity index is 3.02. The van der Waals surface area contributed by atoms with Gasteiger partial charge in [-0.05, 0) is 13.8 Å². The highest BCUT2D eigenvalue weighted by atomic mass is 16.7. The molecule has 8 nitrogen and oxygen atoms in total. The highest BCUT2D eigenvalue weighted by molar-refractivity contribution is 5.66. The summed E-state index contributed by atoms with van der Waals surface area (Å²) in [6.07, 6.45) is -3.40. The number of rotatable bonds is 8. The Kier molecular flexibility index (Phi) is 8.46. The highest BCUT2D eigenvalue weighted by Gasteiger charge is 2.49. The molecule has 1 saturated heterocycles. The predicted octanol–water partition coefficient (Wildman–Crippen LogP) is 0.663. The molecule has 8 heteroatoms. The van der Waals surface area contributed by atoms with E-state index in [2.05, 4.69) is 0 Å². The van der Waals surface area contributed by atoms with Crippen LogP contribution in [0.5, 0.6) is 0 Å². The molecule has 0 amide bonds. The molecule has 0 spiro atoms. The van der Waals surface area contributed by atoms with E-state index in [9.17, 15) is 9.59 Å². The molecule has 0 saturated carbocycles. The third kappa shape index (κ3) is 5.72. The van der Waals surface area contributed by atoms with Gasteiger partial charge in [-0.25, -0.2) is 0 Å². The normalized spacial score (nSPS) is 30.7. The van der Waals surface area contributed by atoms with Crippen molar-refractivity contribution in [2.75, 3.05) is 26.9 Å². The summed E-state index contributed by atoms with van der Waals surface area (Å²) in [6, 6.07) is 0. The molecule has 0 radical (unpaired) electrons. The molecule has 1 fully saturated rings. The van der Waals surface area contributed by atoms with Gasteiger partial charge in [-0.15, -0.1) is 0 Å². The summed E-state index contributed by atoms with van der Waals surface area (Å²) in [5.74, 6) is -0.902. The second kappa shape index (κ2) is 9.82. The zero-order valence-electron chi connectivity index (χ0n) is 14.3. The van der Waals surface area contributed by atoms with Gasteiger partial charge >= 0.3 is 11.9 Å². The van der Waals surface area contributed by atoms with Crippen LogP contribution in [0.3, 0.4) is 0 Å². The van der Waals surface area contributed by atoms with E-state index in [4.69, 9.17) is 28.4 Å². The fourth-order valence-corrected chi connectivity index (χ4v) is 2.49. The lowest BCUT2D eigenvalue weighted by Gasteiger charge is -2.44. The quantitative estimate of drug-likeness (QED) is 0.598. The lowest BCUT2D eigenvalue weighted by Crippen LogP contribution is -2.62. The van der Waals surface area contributed by atoms with Crippen molar-refractivity contribution in [2.24, 2.45) is 0 Å². The molecule has 1 heterocycles. The van der Waals surface area contributed by atoms with Gasteiger partial charge in [0.05, 0.1) is 0 Å². The lowest BCUT2D eigenvalue weighted by atomic mass is 9.98. The third-order valence-electron chi connectivity index (χ3n) is 3.29. The summed E-state index contributed by atoms with van der Waals surface area (Å²) in [7, 11) is 1.46. The van der Waals surface area contributed by atoms with Gasteiger partial charge in [0.2, 0.25) is 0 Å². The van der Waals surface area contributed by atoms with Crippen molar-refractivity contribution in [3.63, 3.8) is 0 Å². The molecule has 0 bridgehead atoms. The molecule has 134 valence electrons. The standard InChI is InChI=1S/C15H26O8/c1-6-19-12-11(8-21-9(3)16)23-15(18-5)14(20-7-2)13(12)22-10(4)17/h11-15H,6-8H2,1-5H3. The number of methoxy groups -OCH3 is 1. The smallest absolute Gasteiger partial charge is 0.303 e. The van der Waals surface area contributed by atoms with Crippen molar-refractivity contribution in [3.8, 4) is 0 Å². The first-order valence-corrected chi connectivity index (χ1v) is 7.66. The maximum absolute atomic E-state index is 11.5. The molecule has 0 aliphatic carbocycles. The van der Waals surface area contributed by atoms with Gasteiger partial charge in [0.15, 0.2) is 12.4 Å². The molecular weight excluding hydrogens is 308 g/mol. The summed E-state index contributed by atoms with van der Waals surface area (Å²) < 4.78 is 32.8. The molecule has 0 aromatic heterocycles. The number of carbonyl (C=O) groups excluding carboxylic acids is 2. The first-order chi connectivity index (χ1) is 10.9. The Morgan fingerprint density at radius 2 is 1.57 bits per heavy atom. The van der Waals surface area contributed by atoms with E-state index in [-0.39, 0.29) is 6.61 Å². The molecule has 23 heavy (non-hydrogen) atoms. The van der Waals surface area contributed by atoms with Crippen molar-refractivity contribution in [3.05, 3.63) is 0 Å². The van der Waals surface area contributed by atoms with E-state index in [1.165, 1.54) is 21.0 Å². The maximum atomic E-state index is 11.5. The summed E-state index contributed by atoms with van der Waals surface area (Å²) in [5.41, 5.74) is 0. The Morgan fingerprint density at radius 3 is 2.04 bits per heavy atom. The second-order valence-electron chi connectivity index (χ2n) is 5.00. The van der Waals surface area contributed by atoms with E-state index in [0.717, 1.165) is 0 Å². The van der Waals surface area contributed by atoms with Crippen LogP contribution in [-0.4, -0.2) is 69.6 Å². The van der Waals surface area contributed by atoms with Gasteiger partial charge in [-0.3, -0.25) is 9.59 Å². The van der Waals surface area contributed by atoms with Crippen LogP contribution in [0.25, 0.3) is 0 Å². The van der Waals surface area contributed by atoms with Crippen LogP contribution in [0.2, 0.25) is 0 Å². The van der Waals surface area contributed by atoms with Crippen LogP contribution in [0, 0.1) is 0 Å². The van der Waals surface area contributed by atoms with E-state index in [1.807, 2.05) is 13.8 Å². The Bertz CT molecular complexity index is 386. The average Bonchev–Trinajstić information content (AvgIpc) is 2.49. The van der Waals surface area contributed by atoms with Crippen LogP contribution in [0.15, 0.2) is 0 Å². The van der Waals surface area contributed by atoms with E-state index < -0.39 is 42.6 Å². The van der Waals surface area contributed by atoms with Gasteiger partial charge in [-0.1, -0.05) is 0 Å². The highest BCUT2D eigenvalue weighted by Crippen LogP contribution is 2.29. The number of hydrogen-bond acceptors (Lipinski definition) is 8. The summed E-state index contributed by atoms with van der Waals surface area (Å²) >= 11 is 0. The zero-order valence-corrected chi connectivity index (χ0v) is 14.3. The van der Waals surface area contributed by atoms with Gasteiger partial charge in [-0.2, -0.15) is 0 Å². The summed E-state index contributed by atoms with van der Waals surface area (Å²) in [5, 5.41) is 0. The Labute approximate surface area is 136 Å². The maximum Gasteiger partial charge on any atom is 0.303 e. The topological polar surface area (TPSA) is 89.5 Å². The van der Waals surface area contributed by atoms with Crippen molar-refractivity contribution < 1.29 is 38.0 Å². The zero-order chi connectivity index (χ0) is 17.4. The minimum absolute atomic E-state index is 0.0313. The van der Waals surface area contributed by atoms with Crippen LogP contribution in [-0.2, 0) is 38.0 Å². The van der Waals surface area contributed by atoms with E-state index in [0.29, 0.717) is 13.2 Å². The van der Waals surface area contributed by atoms with Gasteiger partial charge < -0.3 is 28.4 Å². The molecule has 1 rings (SSSR count). The molecule has 1 aliphatic heterocycles. The number of hydrogen-bond donors (Lipinski definition) is 0. The second-order valence-corrected chi connectivity index (χ2v) is 5.00. The molecule has 0 aromatic rings. The Hall–Kier alpha value is -1.22. The minimum Gasteiger partial charge on any atom is -0.463 e. The van der Waals surface area contributed by atoms with E-state index >= 15 is 0 Å². The summed E-state index contributed by atoms with van der Waals surface area (Å²) in [4.78, 5) is 22.5. The van der Waals surface area contributed by atoms with Crippen LogP contribution in [0.1, 0.15) is 27.7 Å². The lowest BCUT2D eigenvalue weighted by molar-refractivity contribution is -0.311. The van der Waals surface area contributed by atoms with Crippen LogP contribution < -0.4 is 0 Å². The molecular formula is C15H26O8. The SMILES string of the molecule is CCOC1C(COC(C)=O)OC(OC)C(OCC)C1OC(C)=O. The predicted molar refractivity (Wildman–Crippen MR) is 78.7 cm³/mol. The molecule has 1 aliphatic rings. The van der Waals surface area contributed by atoms with Crippen molar-refractivity contribution in [1.29, 1.82) is 0 Å². The molecule has 0 aromatic carbocycles. The monoisotopic (exact) mass is 334 g/mol. The average molecular weight is 334 g/mol. The van der Waals surface area contributed by atoms with Crippen molar-refractivity contribution >= 4 is 11.9 Å². The summed E-state index contributed by atoms with van der Waals surface area (Å²) in [6.45, 7) is 6.97. The van der Waals surface area contributed by atoms with Crippen molar-refractivity contribution in [1.82, 2.24) is 0 Å². The first-order valence-electron chi connectivity index (χ1n) is 7.66. The van der Waals surface area contributed by atoms with Gasteiger partial charge in [0, 0.05) is 34.2 Å². The van der Waals surface area contributed by atoms with E-state index in [1.54, 1.807) is 0 Å². The largest absolute Gasteiger partial charge is 0.463 e. The van der Waals surface area contributed by atoms with Crippen molar-refractivity contribution in [2.45, 2.75) is 58.4 Å². The number of ether oxygens (including phenoxy) is 6. The minimum atomic E-state index is -0.767. The fraction of sp³-hybridized carbons (Fsp3) is 0.867. The number of esters is 2. The van der Waals surface area contributed by atoms with Gasteiger partial charge in [0.1, 0.15) is 24.9 Å². The molecule has 5 unspecified atom stereocenters. The first kappa shape index (κ1) is 19.8. The van der Waals surface area contributed by atoms with Crippen LogP contribution in [0.4, 0.5) is 0 Å². The third-order valence-corrected chi connectivity index (χ3v) is 3.29. The fourth-order valence-electron chi connectivity index (χ4n) is 2.49.